The Balaban J connectivity index is 1.14. The van der Waals surface area contributed by atoms with Crippen LogP contribution in [0.25, 0.3) is 0 Å². The molecule has 14 aliphatic rings. The summed E-state index contributed by atoms with van der Waals surface area (Å²) in [6.07, 6.45) is 41.6. The Hall–Kier alpha value is 1.42. The highest BCUT2D eigenvalue weighted by molar-refractivity contribution is 7.14. The van der Waals surface area contributed by atoms with Gasteiger partial charge >= 0.3 is 68.5 Å². The molecule has 0 radical (unpaired) electrons. The molecule has 8 nitrogen and oxygen atoms in total. The van der Waals surface area contributed by atoms with E-state index >= 15 is 0 Å². The Morgan fingerprint density at radius 1 is 0.167 bits per heavy atom. The molecule has 0 N–H and O–H groups in total. The highest BCUT2D eigenvalue weighted by atomic mass is 28.6. The topological polar surface area (TPSA) is 73.8 Å². The summed E-state index contributed by atoms with van der Waals surface area (Å²) in [6, 6.07) is 0. The first-order chi connectivity index (χ1) is 29.3. The van der Waals surface area contributed by atoms with Crippen LogP contribution in [0.1, 0.15) is 205 Å². The maximum atomic E-state index is 9.10. The van der Waals surface area contributed by atoms with E-state index in [9.17, 15) is 0 Å². The van der Waals surface area contributed by atoms with Crippen molar-refractivity contribution in [1.82, 2.24) is 0 Å². The Morgan fingerprint density at radius 3 is 0.367 bits per heavy atom. The summed E-state index contributed by atoms with van der Waals surface area (Å²) < 4.78 is 72.6. The third-order valence-corrected chi connectivity index (χ3v) is 73.0. The van der Waals surface area contributed by atoms with E-state index in [1.807, 2.05) is 0 Å². The molecule has 60 heavy (non-hydrogen) atoms. The first-order valence-corrected chi connectivity index (χ1v) is 43.7. The van der Waals surface area contributed by atoms with Gasteiger partial charge in [-0.3, -0.25) is 0 Å². The van der Waals surface area contributed by atoms with Crippen molar-refractivity contribution in [3.63, 3.8) is 0 Å². The molecule has 6 saturated heterocycles. The van der Waals surface area contributed by atoms with Crippen molar-refractivity contribution in [2.24, 2.45) is 0 Å². The second-order valence-electron chi connectivity index (χ2n) is 23.9. The van der Waals surface area contributed by atoms with E-state index in [4.69, 9.17) is 32.9 Å². The van der Waals surface area contributed by atoms with Gasteiger partial charge in [-0.2, -0.15) is 0 Å². The van der Waals surface area contributed by atoms with Gasteiger partial charge < -0.3 is 32.9 Å². The molecule has 6 aliphatic heterocycles. The Morgan fingerprint density at radius 2 is 0.267 bits per heavy atom. The number of rotatable bonds is 8. The molecule has 0 atom stereocenters. The third kappa shape index (κ3) is 6.44. The van der Waals surface area contributed by atoms with Crippen LogP contribution in [-0.2, 0) is 32.9 Å². The summed E-state index contributed by atoms with van der Waals surface area (Å²) in [5, 5.41) is 0. The molecular weight excluding hydrogens is 881 g/mol. The molecule has 0 aromatic heterocycles. The first kappa shape index (κ1) is 41.6. The molecule has 16 heteroatoms. The molecule has 0 unspecified atom stereocenters. The van der Waals surface area contributed by atoms with Crippen LogP contribution in [0.2, 0.25) is 67.0 Å². The summed E-state index contributed by atoms with van der Waals surface area (Å²) in [6.45, 7) is 0. The summed E-state index contributed by atoms with van der Waals surface area (Å²) in [5.41, 5.74) is 8.37. The van der Waals surface area contributed by atoms with E-state index in [0.29, 0.717) is 44.3 Å². The van der Waals surface area contributed by atoms with Crippen LogP contribution in [0.5, 0.6) is 0 Å². The molecule has 8 bridgehead atoms. The summed E-state index contributed by atoms with van der Waals surface area (Å²) >= 11 is 0. The van der Waals surface area contributed by atoms with Gasteiger partial charge in [0.1, 0.15) is 0 Å². The largest absolute Gasteiger partial charge is 0.415 e. The summed E-state index contributed by atoms with van der Waals surface area (Å²) in [5.74, 6) is 0. The molecule has 0 aromatic carbocycles. The van der Waals surface area contributed by atoms with E-state index in [1.165, 1.54) is 205 Å². The Kier molecular flexibility index (Phi) is 10.7. The zero-order chi connectivity index (χ0) is 39.7. The fourth-order valence-corrected chi connectivity index (χ4v) is 97.1. The minimum Gasteiger partial charge on any atom is -0.415 e. The minimum absolute atomic E-state index is 0.522. The zero-order valence-electron chi connectivity index (χ0n) is 37.3. The molecule has 14 rings (SSSR count). The van der Waals surface area contributed by atoms with Gasteiger partial charge in [-0.25, -0.2) is 0 Å². The molecule has 0 aromatic rings. The lowest BCUT2D eigenvalue weighted by molar-refractivity contribution is 0.139. The van der Waals surface area contributed by atoms with E-state index in [-0.39, 0.29) is 0 Å². The quantitative estimate of drug-likeness (QED) is 0.223. The van der Waals surface area contributed by atoms with Crippen LogP contribution in [0.3, 0.4) is 0 Å². The van der Waals surface area contributed by atoms with Gasteiger partial charge in [-0.15, -0.1) is 0 Å². The van der Waals surface area contributed by atoms with E-state index in [0.717, 1.165) is 22.7 Å². The predicted molar refractivity (Wildman–Crippen MR) is 252 cm³/mol. The summed E-state index contributed by atoms with van der Waals surface area (Å²) in [4.78, 5) is 0. The minimum atomic E-state index is -3.05. The van der Waals surface area contributed by atoms with Crippen LogP contribution in [0.4, 0.5) is 0 Å². The Labute approximate surface area is 371 Å². The maximum absolute atomic E-state index is 9.10. The van der Waals surface area contributed by atoms with Crippen LogP contribution < -0.4 is 0 Å². The second-order valence-corrected chi connectivity index (χ2v) is 55.6. The van der Waals surface area contributed by atoms with Crippen LogP contribution in [-0.4, -0.2) is 68.5 Å². The van der Waals surface area contributed by atoms with Crippen molar-refractivity contribution in [2.45, 2.75) is 272 Å². The van der Waals surface area contributed by atoms with Crippen LogP contribution >= 0.6 is 0 Å². The standard InChI is InChI=1S/C44H80O8Si8/c1-2-18-37(17-1)53-33-54(38-19-3-4-20-38)46-57(41-25-9-10-26-41)34-55(45-53,39-21-5-6-22-39)51-58(42-27-11-12-28-42)35-56(49-53,40-23-7-8-24-40)47-59(50-54,43-29-13-14-30-43)36-60(48-58,52-57)44-31-15-16-32-44/h37-44H,1-36H2. The average molecular weight is 962 g/mol. The van der Waals surface area contributed by atoms with Crippen molar-refractivity contribution < 1.29 is 32.9 Å². The van der Waals surface area contributed by atoms with Crippen LogP contribution in [0.15, 0.2) is 0 Å². The van der Waals surface area contributed by atoms with E-state index in [2.05, 4.69) is 0 Å². The highest BCUT2D eigenvalue weighted by Gasteiger charge is 2.84. The lowest BCUT2D eigenvalue weighted by Gasteiger charge is -2.70. The second kappa shape index (κ2) is 15.5. The van der Waals surface area contributed by atoms with Crippen molar-refractivity contribution in [2.75, 3.05) is 0 Å². The normalized spacial score (nSPS) is 50.4. The molecule has 6 heterocycles. The highest BCUT2D eigenvalue weighted by Crippen LogP contribution is 2.70. The summed E-state index contributed by atoms with van der Waals surface area (Å²) in [7, 11) is -24.4. The van der Waals surface area contributed by atoms with E-state index < -0.39 is 68.5 Å². The fourth-order valence-electron chi connectivity index (χ4n) is 17.9. The average Bonchev–Trinajstić information content (AvgIpc) is 4.07. The maximum Gasteiger partial charge on any atom is 0.325 e. The van der Waals surface area contributed by atoms with Gasteiger partial charge in [0.05, 0.1) is 0 Å². The predicted octanol–water partition coefficient (Wildman–Crippen LogP) is 13.4. The molecule has 0 spiro atoms. The van der Waals surface area contributed by atoms with Gasteiger partial charge in [-0.1, -0.05) is 103 Å². The smallest absolute Gasteiger partial charge is 0.325 e. The zero-order valence-corrected chi connectivity index (χ0v) is 45.3. The first-order valence-electron chi connectivity index (χ1n) is 26.9. The molecule has 336 valence electrons. The lowest BCUT2D eigenvalue weighted by atomic mass is 10.4. The lowest BCUT2D eigenvalue weighted by Crippen LogP contribution is -2.87. The molecular formula is C44H80O8Si8. The molecule has 8 aliphatic carbocycles. The van der Waals surface area contributed by atoms with Gasteiger partial charge in [0.2, 0.25) is 0 Å². The fraction of sp³-hybridized carbons (Fsp3) is 1.00. The SMILES string of the molecule is C1CCC([Si]23C[Si]4(C5CCCC5)O[Si]5(C6CCCC6)C[Si]6(C7CCCC7)O[Si](C7CCCC7)(C[Si](C7CCCC7)(O2)O5)O[Si](C2CCCC2)(C[Si](C2CCCC2)(O4)O6)O3)C1. The van der Waals surface area contributed by atoms with Crippen molar-refractivity contribution >= 4 is 68.5 Å². The monoisotopic (exact) mass is 960 g/mol. The van der Waals surface area contributed by atoms with E-state index in [1.54, 1.807) is 0 Å². The van der Waals surface area contributed by atoms with Crippen molar-refractivity contribution in [3.05, 3.63) is 0 Å². The molecule has 14 fully saturated rings. The van der Waals surface area contributed by atoms with Gasteiger partial charge in [0.15, 0.2) is 0 Å². The van der Waals surface area contributed by atoms with Crippen molar-refractivity contribution in [1.29, 1.82) is 0 Å². The Bertz CT molecular complexity index is 1180. The number of hydrogen-bond donors (Lipinski definition) is 0. The third-order valence-electron chi connectivity index (χ3n) is 20.6. The molecule has 0 amide bonds. The van der Waals surface area contributed by atoms with Gasteiger partial charge in [0, 0.05) is 67.0 Å². The van der Waals surface area contributed by atoms with Gasteiger partial charge in [0.25, 0.3) is 0 Å². The van der Waals surface area contributed by atoms with Crippen molar-refractivity contribution in [3.8, 4) is 0 Å². The van der Waals surface area contributed by atoms with Gasteiger partial charge in [-0.05, 0) is 103 Å². The van der Waals surface area contributed by atoms with Crippen LogP contribution in [0, 0.1) is 0 Å². The number of hydrogen-bond acceptors (Lipinski definition) is 8. The molecule has 8 saturated carbocycles.